The van der Waals surface area contributed by atoms with E-state index in [0.29, 0.717) is 116 Å². The quantitative estimate of drug-likeness (QED) is 0.0201. The van der Waals surface area contributed by atoms with Crippen LogP contribution < -0.4 is 95.0 Å². The van der Waals surface area contributed by atoms with E-state index in [1.807, 2.05) is 0 Å². The molecule has 0 aliphatic rings. The normalized spacial score (nSPS) is 14.2. The summed E-state index contributed by atoms with van der Waals surface area (Å²) in [6.07, 6.45) is 5.93. The lowest BCUT2D eigenvalue weighted by molar-refractivity contribution is -0.151. The maximum atomic E-state index is 15.0. The molecule has 28 nitrogen and oxygen atoms in total. The second-order valence-corrected chi connectivity index (χ2v) is 19.9. The van der Waals surface area contributed by atoms with Gasteiger partial charge in [-0.3, -0.25) is 47.9 Å². The molecule has 0 saturated heterocycles. The Kier molecular flexibility index (Phi) is 41.9. The van der Waals surface area contributed by atoms with Crippen molar-refractivity contribution in [2.75, 3.05) is 52.4 Å². The van der Waals surface area contributed by atoms with Crippen LogP contribution in [-0.2, 0) is 47.9 Å². The Balaban J connectivity index is 7.64. The van der Waals surface area contributed by atoms with Gasteiger partial charge >= 0.3 is 0 Å². The van der Waals surface area contributed by atoms with Crippen LogP contribution in [0.4, 0.5) is 0 Å². The van der Waals surface area contributed by atoms with Crippen molar-refractivity contribution in [3.63, 3.8) is 0 Å². The Hall–Kier alpha value is -5.62. The van der Waals surface area contributed by atoms with Crippen molar-refractivity contribution >= 4 is 59.1 Å². The lowest BCUT2D eigenvalue weighted by atomic mass is 9.98. The van der Waals surface area contributed by atoms with E-state index < -0.39 is 114 Å². The van der Waals surface area contributed by atoms with Crippen LogP contribution in [0.1, 0.15) is 161 Å². The van der Waals surface area contributed by atoms with Crippen LogP contribution in [0.15, 0.2) is 0 Å². The zero-order valence-corrected chi connectivity index (χ0v) is 46.8. The molecule has 456 valence electrons. The van der Waals surface area contributed by atoms with Gasteiger partial charge in [0, 0.05) is 0 Å². The van der Waals surface area contributed by atoms with Gasteiger partial charge in [0.1, 0.15) is 54.8 Å². The number of rotatable bonds is 50. The molecule has 28 heteroatoms. The second kappa shape index (κ2) is 45.1. The molecule has 0 saturated carbocycles. The first kappa shape index (κ1) is 73.4. The largest absolute Gasteiger partial charge is 0.369 e. The van der Waals surface area contributed by atoms with Gasteiger partial charge in [0.25, 0.3) is 0 Å². The third-order valence-electron chi connectivity index (χ3n) is 13.3. The summed E-state index contributed by atoms with van der Waals surface area (Å²) in [5.41, 5.74) is 63.0. The number of nitrogens with one attached hydrogen (secondary N) is 6. The first-order chi connectivity index (χ1) is 37.8. The Labute approximate surface area is 466 Å². The predicted molar refractivity (Wildman–Crippen MR) is 301 cm³/mol. The van der Waals surface area contributed by atoms with Crippen LogP contribution in [-0.4, -0.2) is 165 Å². The summed E-state index contributed by atoms with van der Waals surface area (Å²) in [4.78, 5) is 139. The predicted octanol–water partition coefficient (Wildman–Crippen LogP) is -4.66. The Morgan fingerprint density at radius 1 is 0.278 bits per heavy atom. The van der Waals surface area contributed by atoms with E-state index >= 15 is 9.59 Å². The summed E-state index contributed by atoms with van der Waals surface area (Å²) in [7, 11) is 0. The minimum atomic E-state index is -1.56. The Morgan fingerprint density at radius 3 is 0.696 bits per heavy atom. The number of hydrogen-bond donors (Lipinski definition) is 17. The molecule has 0 aliphatic heterocycles. The van der Waals surface area contributed by atoms with Crippen LogP contribution in [0.2, 0.25) is 0 Å². The number of hydrogen-bond acceptors (Lipinski definition) is 18. The van der Waals surface area contributed by atoms with Gasteiger partial charge in [0.2, 0.25) is 59.1 Å². The van der Waals surface area contributed by atoms with Crippen LogP contribution in [0.25, 0.3) is 0 Å². The lowest BCUT2D eigenvalue weighted by Crippen LogP contribution is -2.63. The zero-order valence-electron chi connectivity index (χ0n) is 46.8. The minimum absolute atomic E-state index is 0.00236. The summed E-state index contributed by atoms with van der Waals surface area (Å²) in [6.45, 7) is 2.12. The second-order valence-electron chi connectivity index (χ2n) is 19.9. The van der Waals surface area contributed by atoms with Crippen LogP contribution in [0.5, 0.6) is 0 Å². The van der Waals surface area contributed by atoms with Gasteiger partial charge in [-0.15, -0.1) is 0 Å². The van der Waals surface area contributed by atoms with Gasteiger partial charge in [0.15, 0.2) is 0 Å². The van der Waals surface area contributed by atoms with Gasteiger partial charge in [-0.2, -0.15) is 0 Å². The number of nitrogens with two attached hydrogens (primary N) is 11. The molecule has 0 fully saturated rings. The van der Waals surface area contributed by atoms with Crippen molar-refractivity contribution in [2.24, 2.45) is 63.1 Å². The highest BCUT2D eigenvalue weighted by Gasteiger charge is 2.41. The molecule has 0 radical (unpaired) electrons. The third-order valence-corrected chi connectivity index (χ3v) is 13.3. The van der Waals surface area contributed by atoms with E-state index in [1.54, 1.807) is 0 Å². The number of carbonyl (C=O) groups excluding carboxylic acids is 10. The van der Waals surface area contributed by atoms with E-state index in [4.69, 9.17) is 63.1 Å². The average Bonchev–Trinajstić information content (AvgIpc) is 3.40. The van der Waals surface area contributed by atoms with Crippen molar-refractivity contribution in [1.82, 2.24) is 36.8 Å². The van der Waals surface area contributed by atoms with Crippen molar-refractivity contribution in [2.45, 2.75) is 209 Å². The molecule has 79 heavy (non-hydrogen) atoms. The standard InChI is InChI=1S/C51H102N18O10/c52-25-9-1-17-34(44(61)72)63-46(74)36(19-3-11-27-54)65-48(76)38(21-5-13-29-56)67-50(78)40(23-7-15-31-58)69(43(71)33-42(60)70)41(24-8-16-32-59)51(79)68-39(22-6-14-30-57)49(77)66-37(20-4-12-28-55)47(75)64-35(45(62)73)18-2-10-26-53/h34-41H,1-33,52-59H2,(H2,60,70)(H2,61,72)(H2,62,73)(H,63,74)(H,64,75)(H,65,76)(H,66,77)(H,67,78)(H,68,79). The minimum Gasteiger partial charge on any atom is -0.369 e. The number of unbranched alkanes of at least 4 members (excludes halogenated alkanes) is 8. The summed E-state index contributed by atoms with van der Waals surface area (Å²) in [5.74, 6) is -8.44. The number of carbonyl (C=O) groups is 10. The van der Waals surface area contributed by atoms with Crippen LogP contribution in [0.3, 0.4) is 0 Å². The highest BCUT2D eigenvalue weighted by molar-refractivity contribution is 6.02. The van der Waals surface area contributed by atoms with E-state index in [-0.39, 0.29) is 90.4 Å². The fraction of sp³-hybridized carbons (Fsp3) is 0.804. The fourth-order valence-electron chi connectivity index (χ4n) is 8.79. The molecular weight excluding hydrogens is 1020 g/mol. The molecule has 0 aromatic carbocycles. The maximum absolute atomic E-state index is 15.0. The highest BCUT2D eigenvalue weighted by atomic mass is 16.2. The Morgan fingerprint density at radius 2 is 0.481 bits per heavy atom. The maximum Gasteiger partial charge on any atom is 0.243 e. The van der Waals surface area contributed by atoms with Crippen molar-refractivity contribution < 1.29 is 47.9 Å². The summed E-state index contributed by atoms with van der Waals surface area (Å²) < 4.78 is 0. The average molecular weight is 1130 g/mol. The van der Waals surface area contributed by atoms with Crippen molar-refractivity contribution in [1.29, 1.82) is 0 Å². The van der Waals surface area contributed by atoms with E-state index in [0.717, 1.165) is 4.90 Å². The molecule has 0 rings (SSSR count). The third kappa shape index (κ3) is 31.7. The molecule has 0 aromatic rings. The molecule has 0 aromatic heterocycles. The first-order valence-electron chi connectivity index (χ1n) is 28.4. The molecular formula is C51H102N18O10. The van der Waals surface area contributed by atoms with Gasteiger partial charge in [0.05, 0.1) is 0 Å². The Bertz CT molecular complexity index is 1710. The summed E-state index contributed by atoms with van der Waals surface area (Å²) in [5, 5.41) is 16.3. The van der Waals surface area contributed by atoms with Gasteiger partial charge < -0.3 is 99.9 Å². The topological polar surface area (TPSA) is 532 Å². The number of amides is 10. The van der Waals surface area contributed by atoms with Crippen molar-refractivity contribution in [3.8, 4) is 0 Å². The van der Waals surface area contributed by atoms with Crippen LogP contribution in [0, 0.1) is 0 Å². The van der Waals surface area contributed by atoms with Gasteiger partial charge in [-0.05, 0) is 206 Å². The highest BCUT2D eigenvalue weighted by Crippen LogP contribution is 2.21. The molecule has 8 atom stereocenters. The van der Waals surface area contributed by atoms with Crippen molar-refractivity contribution in [3.05, 3.63) is 0 Å². The first-order valence-corrected chi connectivity index (χ1v) is 28.4. The monoisotopic (exact) mass is 1130 g/mol. The zero-order chi connectivity index (χ0) is 59.5. The van der Waals surface area contributed by atoms with Gasteiger partial charge in [-0.1, -0.05) is 0 Å². The molecule has 28 N–H and O–H groups in total. The van der Waals surface area contributed by atoms with E-state index in [1.165, 1.54) is 0 Å². The molecule has 0 aliphatic carbocycles. The molecule has 10 amide bonds. The van der Waals surface area contributed by atoms with E-state index in [2.05, 4.69) is 31.9 Å². The molecule has 0 heterocycles. The summed E-state index contributed by atoms with van der Waals surface area (Å²) in [6, 6.07) is -10.4. The smallest absolute Gasteiger partial charge is 0.243 e. The molecule has 0 bridgehead atoms. The number of nitrogens with zero attached hydrogens (tertiary/aromatic N) is 1. The molecule has 0 spiro atoms. The SMILES string of the molecule is NCCCCC(NC(=O)C(CCCCN)NC(=O)C(CCCCN)NC(=O)C(CCCCN)N(C(=O)CC(N)=O)C(CCCCN)C(=O)NC(CCCCN)C(=O)NC(CCCCN)C(=O)NC(CCCCN)C(N)=O)C(N)=O. The summed E-state index contributed by atoms with van der Waals surface area (Å²) >= 11 is 0. The van der Waals surface area contributed by atoms with Crippen LogP contribution >= 0.6 is 0 Å². The van der Waals surface area contributed by atoms with Gasteiger partial charge in [-0.25, -0.2) is 0 Å². The number of primary amides is 3. The van der Waals surface area contributed by atoms with E-state index in [9.17, 15) is 38.4 Å². The fourth-order valence-corrected chi connectivity index (χ4v) is 8.79. The lowest BCUT2D eigenvalue weighted by Gasteiger charge is -2.38. The molecule has 8 unspecified atom stereocenters.